The number of likely N-dealkylation sites (tertiary alicyclic amines) is 2. The van der Waals surface area contributed by atoms with Crippen molar-refractivity contribution in [3.8, 4) is 11.1 Å². The summed E-state index contributed by atoms with van der Waals surface area (Å²) in [4.78, 5) is 42.6. The van der Waals surface area contributed by atoms with E-state index in [2.05, 4.69) is 34.5 Å². The predicted octanol–water partition coefficient (Wildman–Crippen LogP) is 3.61. The van der Waals surface area contributed by atoms with Crippen LogP contribution in [0.15, 0.2) is 78.9 Å². The van der Waals surface area contributed by atoms with Crippen molar-refractivity contribution >= 4 is 18.0 Å². The number of nitrogens with one attached hydrogen (secondary N) is 1. The number of carboxylic acid groups (broad SMARTS) is 1. The fourth-order valence-corrected chi connectivity index (χ4v) is 6.60. The highest BCUT2D eigenvalue weighted by Gasteiger charge is 2.51. The molecule has 0 aromatic heterocycles. The Morgan fingerprint density at radius 3 is 2.02 bits per heavy atom. The minimum atomic E-state index is -1.99. The van der Waals surface area contributed by atoms with Gasteiger partial charge in [-0.2, -0.15) is 0 Å². The number of hydrogen-bond acceptors (Lipinski definition) is 6. The molecule has 6 rings (SSSR count). The van der Waals surface area contributed by atoms with E-state index in [4.69, 9.17) is 4.74 Å². The van der Waals surface area contributed by atoms with Gasteiger partial charge in [-0.1, -0.05) is 78.9 Å². The number of amides is 2. The van der Waals surface area contributed by atoms with E-state index in [9.17, 15) is 24.6 Å². The number of carbonyl (C=O) groups excluding carboxylic acids is 2. The monoisotopic (exact) mass is 569 g/mol. The second-order valence-electron chi connectivity index (χ2n) is 11.6. The van der Waals surface area contributed by atoms with E-state index < -0.39 is 23.2 Å². The van der Waals surface area contributed by atoms with Crippen molar-refractivity contribution in [3.63, 3.8) is 0 Å². The molecule has 3 aliphatic rings. The molecule has 0 spiro atoms. The Kier molecular flexibility index (Phi) is 7.47. The second-order valence-corrected chi connectivity index (χ2v) is 11.6. The van der Waals surface area contributed by atoms with Crippen molar-refractivity contribution in [3.05, 3.63) is 95.6 Å². The van der Waals surface area contributed by atoms with E-state index in [1.54, 1.807) is 0 Å². The third-order valence-electron chi connectivity index (χ3n) is 8.99. The molecular weight excluding hydrogens is 534 g/mol. The van der Waals surface area contributed by atoms with E-state index in [1.165, 1.54) is 4.90 Å². The van der Waals surface area contributed by atoms with Gasteiger partial charge in [0.2, 0.25) is 5.91 Å². The van der Waals surface area contributed by atoms with Crippen molar-refractivity contribution in [2.45, 2.75) is 42.9 Å². The number of alkyl carbamates (subject to hydrolysis) is 1. The van der Waals surface area contributed by atoms with Crippen LogP contribution in [0.3, 0.4) is 0 Å². The van der Waals surface area contributed by atoms with E-state index >= 15 is 0 Å². The largest absolute Gasteiger partial charge is 0.479 e. The number of fused-ring (bicyclic) bond motifs is 3. The first kappa shape index (κ1) is 27.9. The lowest BCUT2D eigenvalue weighted by atomic mass is 9.85. The van der Waals surface area contributed by atoms with Crippen LogP contribution in [0.4, 0.5) is 4.79 Å². The first-order valence-electron chi connectivity index (χ1n) is 14.4. The number of hydrogen-bond donors (Lipinski definition) is 3. The molecule has 0 radical (unpaired) electrons. The molecule has 2 aliphatic heterocycles. The van der Waals surface area contributed by atoms with Gasteiger partial charge >= 0.3 is 12.1 Å². The first-order valence-corrected chi connectivity index (χ1v) is 14.4. The zero-order chi connectivity index (χ0) is 29.3. The number of rotatable bonds is 7. The van der Waals surface area contributed by atoms with Crippen LogP contribution >= 0.6 is 0 Å². The van der Waals surface area contributed by atoms with Crippen LogP contribution < -0.4 is 5.32 Å². The number of benzene rings is 3. The molecule has 9 nitrogen and oxygen atoms in total. The third kappa shape index (κ3) is 5.26. The Morgan fingerprint density at radius 1 is 0.833 bits per heavy atom. The maximum Gasteiger partial charge on any atom is 0.408 e. The normalized spacial score (nSPS) is 21.4. The highest BCUT2D eigenvalue weighted by Crippen LogP contribution is 2.44. The molecule has 3 N–H and O–H groups in total. The zero-order valence-corrected chi connectivity index (χ0v) is 23.4. The number of ether oxygens (including phenoxy) is 1. The molecule has 1 atom stereocenters. The van der Waals surface area contributed by atoms with Crippen molar-refractivity contribution in [2.75, 3.05) is 32.8 Å². The summed E-state index contributed by atoms with van der Waals surface area (Å²) in [5, 5.41) is 22.9. The van der Waals surface area contributed by atoms with Gasteiger partial charge in [0.05, 0.1) is 6.54 Å². The molecule has 42 heavy (non-hydrogen) atoms. The molecule has 9 heteroatoms. The molecule has 3 aromatic rings. The predicted molar refractivity (Wildman–Crippen MR) is 156 cm³/mol. The van der Waals surface area contributed by atoms with E-state index in [0.29, 0.717) is 25.9 Å². The summed E-state index contributed by atoms with van der Waals surface area (Å²) in [6.07, 6.45) is -0.0697. The number of carbonyl (C=O) groups is 3. The maximum atomic E-state index is 14.0. The third-order valence-corrected chi connectivity index (χ3v) is 8.99. The standard InChI is InChI=1S/C33H35N3O6/c37-29(36-19-16-33(41,22-36)30(38)39)32(14-17-35(18-15-32)20-23-8-2-1-3-9-23)34-31(40)42-21-28-26-12-6-4-10-24(26)25-11-5-7-13-27(25)28/h1-13,28,41H,14-22H2,(H,34,40)(H,38,39). The zero-order valence-electron chi connectivity index (χ0n) is 23.4. The van der Waals surface area contributed by atoms with Crippen LogP contribution in [0.5, 0.6) is 0 Å². The molecular formula is C33H35N3O6. The Morgan fingerprint density at radius 2 is 1.43 bits per heavy atom. The van der Waals surface area contributed by atoms with E-state index in [-0.39, 0.29) is 37.9 Å². The Bertz CT molecular complexity index is 1440. The van der Waals surface area contributed by atoms with E-state index in [0.717, 1.165) is 34.4 Å². The van der Waals surface area contributed by atoms with Crippen LogP contribution in [0.1, 0.15) is 41.9 Å². The highest BCUT2D eigenvalue weighted by atomic mass is 16.5. The van der Waals surface area contributed by atoms with Crippen molar-refractivity contribution in [2.24, 2.45) is 0 Å². The average Bonchev–Trinajstić information content (AvgIpc) is 3.56. The SMILES string of the molecule is O=C(NC1(C(=O)N2CCC(O)(C(=O)O)C2)CCN(Cc2ccccc2)CC1)OCC1c2ccccc2-c2ccccc21. The highest BCUT2D eigenvalue weighted by molar-refractivity contribution is 5.91. The first-order chi connectivity index (χ1) is 20.3. The number of piperidine rings is 1. The molecule has 0 saturated carbocycles. The summed E-state index contributed by atoms with van der Waals surface area (Å²) >= 11 is 0. The van der Waals surface area contributed by atoms with Crippen LogP contribution in [-0.2, 0) is 20.9 Å². The molecule has 1 aliphatic carbocycles. The molecule has 0 bridgehead atoms. The van der Waals surface area contributed by atoms with Gasteiger partial charge in [0, 0.05) is 38.5 Å². The Hall–Kier alpha value is -4.21. The Labute approximate surface area is 244 Å². The minimum Gasteiger partial charge on any atom is -0.479 e. The topological polar surface area (TPSA) is 119 Å². The van der Waals surface area contributed by atoms with Crippen molar-refractivity contribution < 1.29 is 29.3 Å². The molecule has 3 aromatic carbocycles. The van der Waals surface area contributed by atoms with Crippen LogP contribution in [0.25, 0.3) is 11.1 Å². The quantitative estimate of drug-likeness (QED) is 0.398. The van der Waals surface area contributed by atoms with Gasteiger partial charge < -0.3 is 25.2 Å². The molecule has 2 amide bonds. The van der Waals surface area contributed by atoms with Crippen LogP contribution in [-0.4, -0.2) is 81.9 Å². The number of β-amino-alcohol motifs (C(OH)–C–C–N with tert-alkyl or cyclic N) is 1. The lowest BCUT2D eigenvalue weighted by molar-refractivity contribution is -0.157. The molecule has 218 valence electrons. The van der Waals surface area contributed by atoms with Gasteiger partial charge in [-0.15, -0.1) is 0 Å². The number of aliphatic carboxylic acids is 1. The minimum absolute atomic E-state index is 0.0603. The van der Waals surface area contributed by atoms with Crippen LogP contribution in [0.2, 0.25) is 0 Å². The van der Waals surface area contributed by atoms with Crippen molar-refractivity contribution in [1.82, 2.24) is 15.1 Å². The fourth-order valence-electron chi connectivity index (χ4n) is 6.60. The van der Waals surface area contributed by atoms with Gasteiger partial charge in [-0.3, -0.25) is 9.69 Å². The smallest absolute Gasteiger partial charge is 0.408 e. The molecule has 2 heterocycles. The number of nitrogens with zero attached hydrogens (tertiary/aromatic N) is 2. The molecule has 2 fully saturated rings. The van der Waals surface area contributed by atoms with Crippen LogP contribution in [0, 0.1) is 0 Å². The summed E-state index contributed by atoms with van der Waals surface area (Å²) in [6.45, 7) is 1.74. The molecule has 2 saturated heterocycles. The van der Waals surface area contributed by atoms with Gasteiger partial charge in [-0.05, 0) is 40.7 Å². The second kappa shape index (κ2) is 11.2. The number of aliphatic hydroxyl groups is 1. The van der Waals surface area contributed by atoms with E-state index in [1.807, 2.05) is 54.6 Å². The number of carboxylic acids is 1. The van der Waals surface area contributed by atoms with Gasteiger partial charge in [0.25, 0.3) is 0 Å². The van der Waals surface area contributed by atoms with Gasteiger partial charge in [0.15, 0.2) is 5.60 Å². The fraction of sp³-hybridized carbons (Fsp3) is 0.364. The summed E-state index contributed by atoms with van der Waals surface area (Å²) in [6, 6.07) is 26.2. The van der Waals surface area contributed by atoms with Gasteiger partial charge in [-0.25, -0.2) is 9.59 Å². The van der Waals surface area contributed by atoms with Gasteiger partial charge in [0.1, 0.15) is 12.1 Å². The summed E-state index contributed by atoms with van der Waals surface area (Å²) < 4.78 is 5.80. The lowest BCUT2D eigenvalue weighted by Crippen LogP contribution is -2.64. The summed E-state index contributed by atoms with van der Waals surface area (Å²) in [5.41, 5.74) is 2.34. The maximum absolute atomic E-state index is 14.0. The summed E-state index contributed by atoms with van der Waals surface area (Å²) in [5.74, 6) is -1.85. The molecule has 1 unspecified atom stereocenters. The average molecular weight is 570 g/mol. The van der Waals surface area contributed by atoms with Crippen molar-refractivity contribution in [1.29, 1.82) is 0 Å². The Balaban J connectivity index is 1.17. The summed E-state index contributed by atoms with van der Waals surface area (Å²) in [7, 11) is 0. The lowest BCUT2D eigenvalue weighted by Gasteiger charge is -2.42.